The van der Waals surface area contributed by atoms with E-state index in [1.54, 1.807) is 12.1 Å². The molecule has 0 aromatic heterocycles. The van der Waals surface area contributed by atoms with Crippen molar-refractivity contribution in [2.75, 3.05) is 0 Å². The van der Waals surface area contributed by atoms with Crippen molar-refractivity contribution in [3.8, 4) is 0 Å². The highest BCUT2D eigenvalue weighted by atomic mass is 16.6. The number of esters is 2. The van der Waals surface area contributed by atoms with Gasteiger partial charge in [0.2, 0.25) is 0 Å². The van der Waals surface area contributed by atoms with Gasteiger partial charge in [-0.3, -0.25) is 4.79 Å². The Morgan fingerprint density at radius 2 is 1.67 bits per heavy atom. The second-order valence-corrected chi connectivity index (χ2v) is 7.37. The highest BCUT2D eigenvalue weighted by Gasteiger charge is 2.24. The number of rotatable bonds is 7. The molecular weight excluding hydrogens is 304 g/mol. The number of carbonyl (C=O) groups is 2. The van der Waals surface area contributed by atoms with E-state index in [1.807, 2.05) is 46.8 Å². The van der Waals surface area contributed by atoms with Crippen molar-refractivity contribution < 1.29 is 19.1 Å². The Labute approximate surface area is 145 Å². The first kappa shape index (κ1) is 20.2. The lowest BCUT2D eigenvalue weighted by Gasteiger charge is -2.24. The van der Waals surface area contributed by atoms with Crippen molar-refractivity contribution in [1.82, 2.24) is 0 Å². The van der Waals surface area contributed by atoms with E-state index in [-0.39, 0.29) is 24.0 Å². The molecule has 4 nitrogen and oxygen atoms in total. The number of hydrogen-bond donors (Lipinski definition) is 0. The molecule has 1 rings (SSSR count). The third-order valence-electron chi connectivity index (χ3n) is 3.39. The lowest BCUT2D eigenvalue weighted by Crippen LogP contribution is -2.29. The van der Waals surface area contributed by atoms with Crippen molar-refractivity contribution in [2.24, 2.45) is 5.92 Å². The number of carbonyl (C=O) groups excluding carboxylic acids is 2. The summed E-state index contributed by atoms with van der Waals surface area (Å²) >= 11 is 0. The quantitative estimate of drug-likeness (QED) is 0.686. The third kappa shape index (κ3) is 7.16. The first-order valence-electron chi connectivity index (χ1n) is 8.65. The zero-order chi connectivity index (χ0) is 18.3. The third-order valence-corrected chi connectivity index (χ3v) is 3.39. The lowest BCUT2D eigenvalue weighted by molar-refractivity contribution is -0.160. The standard InChI is InChI=1S/C20H30O4/c1-7-8-17(19(22)24-20(4,5)6)13-15-9-11-16(12-10-15)18(21)23-14(2)3/h9-12,14,17H,7-8,13H2,1-6H3. The summed E-state index contributed by atoms with van der Waals surface area (Å²) in [6, 6.07) is 7.25. The van der Waals surface area contributed by atoms with Gasteiger partial charge in [-0.05, 0) is 65.2 Å². The van der Waals surface area contributed by atoms with Crippen LogP contribution in [0.1, 0.15) is 70.3 Å². The summed E-state index contributed by atoms with van der Waals surface area (Å²) in [5.74, 6) is -0.649. The molecule has 0 amide bonds. The monoisotopic (exact) mass is 334 g/mol. The number of ether oxygens (including phenoxy) is 2. The van der Waals surface area contributed by atoms with Crippen molar-refractivity contribution in [1.29, 1.82) is 0 Å². The van der Waals surface area contributed by atoms with Gasteiger partial charge in [-0.25, -0.2) is 4.79 Å². The van der Waals surface area contributed by atoms with Gasteiger partial charge in [-0.2, -0.15) is 0 Å². The van der Waals surface area contributed by atoms with Crippen LogP contribution >= 0.6 is 0 Å². The van der Waals surface area contributed by atoms with Gasteiger partial charge < -0.3 is 9.47 Å². The summed E-state index contributed by atoms with van der Waals surface area (Å²) in [5.41, 5.74) is 1.06. The summed E-state index contributed by atoms with van der Waals surface area (Å²) < 4.78 is 10.7. The molecule has 0 aliphatic carbocycles. The number of hydrogen-bond acceptors (Lipinski definition) is 4. The van der Waals surface area contributed by atoms with Gasteiger partial charge in [0.1, 0.15) is 5.60 Å². The fraction of sp³-hybridized carbons (Fsp3) is 0.600. The van der Waals surface area contributed by atoms with Crippen LogP contribution in [0.4, 0.5) is 0 Å². The van der Waals surface area contributed by atoms with Gasteiger partial charge in [-0.1, -0.05) is 25.5 Å². The zero-order valence-electron chi connectivity index (χ0n) is 15.7. The second-order valence-electron chi connectivity index (χ2n) is 7.37. The molecule has 0 heterocycles. The fourth-order valence-corrected chi connectivity index (χ4v) is 2.38. The minimum absolute atomic E-state index is 0.140. The molecule has 0 aliphatic heterocycles. The van der Waals surface area contributed by atoms with Crippen LogP contribution in [0.3, 0.4) is 0 Å². The fourth-order valence-electron chi connectivity index (χ4n) is 2.38. The predicted octanol–water partition coefficient (Wildman–Crippen LogP) is 4.55. The summed E-state index contributed by atoms with van der Waals surface area (Å²) in [6.45, 7) is 11.3. The molecule has 0 radical (unpaired) electrons. The smallest absolute Gasteiger partial charge is 0.338 e. The van der Waals surface area contributed by atoms with Gasteiger partial charge >= 0.3 is 11.9 Å². The highest BCUT2D eigenvalue weighted by molar-refractivity contribution is 5.89. The Balaban J connectivity index is 2.77. The maximum absolute atomic E-state index is 12.4. The molecule has 1 atom stereocenters. The molecule has 0 N–H and O–H groups in total. The molecule has 1 aromatic carbocycles. The van der Waals surface area contributed by atoms with Crippen LogP contribution in [-0.4, -0.2) is 23.6 Å². The van der Waals surface area contributed by atoms with E-state index in [1.165, 1.54) is 0 Å². The van der Waals surface area contributed by atoms with Crippen LogP contribution in [0.25, 0.3) is 0 Å². The van der Waals surface area contributed by atoms with E-state index in [9.17, 15) is 9.59 Å². The molecule has 0 bridgehead atoms. The molecule has 0 fully saturated rings. The van der Waals surface area contributed by atoms with E-state index in [0.717, 1.165) is 18.4 Å². The predicted molar refractivity (Wildman–Crippen MR) is 94.9 cm³/mol. The molecule has 0 aliphatic rings. The molecule has 24 heavy (non-hydrogen) atoms. The second kappa shape index (κ2) is 8.86. The van der Waals surface area contributed by atoms with Crippen LogP contribution in [0, 0.1) is 5.92 Å². The van der Waals surface area contributed by atoms with Gasteiger partial charge in [0.15, 0.2) is 0 Å². The lowest BCUT2D eigenvalue weighted by atomic mass is 9.94. The molecule has 0 saturated heterocycles. The average molecular weight is 334 g/mol. The van der Waals surface area contributed by atoms with E-state index in [0.29, 0.717) is 12.0 Å². The minimum atomic E-state index is -0.479. The van der Waals surface area contributed by atoms with Crippen LogP contribution < -0.4 is 0 Å². The Morgan fingerprint density at radius 3 is 2.12 bits per heavy atom. The van der Waals surface area contributed by atoms with Crippen LogP contribution in [0.5, 0.6) is 0 Å². The Morgan fingerprint density at radius 1 is 1.08 bits per heavy atom. The largest absolute Gasteiger partial charge is 0.460 e. The van der Waals surface area contributed by atoms with Gasteiger partial charge in [-0.15, -0.1) is 0 Å². The molecule has 134 valence electrons. The van der Waals surface area contributed by atoms with Crippen molar-refractivity contribution >= 4 is 11.9 Å². The molecule has 1 unspecified atom stereocenters. The molecule has 0 saturated carbocycles. The Kier molecular flexibility index (Phi) is 7.46. The van der Waals surface area contributed by atoms with Crippen molar-refractivity contribution in [2.45, 2.75) is 72.5 Å². The van der Waals surface area contributed by atoms with Gasteiger partial charge in [0.05, 0.1) is 17.6 Å². The summed E-state index contributed by atoms with van der Waals surface area (Å²) in [7, 11) is 0. The van der Waals surface area contributed by atoms with E-state index in [4.69, 9.17) is 9.47 Å². The summed E-state index contributed by atoms with van der Waals surface area (Å²) in [4.78, 5) is 24.2. The van der Waals surface area contributed by atoms with Gasteiger partial charge in [0, 0.05) is 0 Å². The maximum Gasteiger partial charge on any atom is 0.338 e. The van der Waals surface area contributed by atoms with Crippen LogP contribution in [0.15, 0.2) is 24.3 Å². The van der Waals surface area contributed by atoms with Crippen LogP contribution in [0.2, 0.25) is 0 Å². The average Bonchev–Trinajstić information content (AvgIpc) is 2.45. The molecule has 1 aromatic rings. The first-order chi connectivity index (χ1) is 11.1. The molecular formula is C20H30O4. The maximum atomic E-state index is 12.4. The molecule has 0 spiro atoms. The summed E-state index contributed by atoms with van der Waals surface area (Å²) in [6.07, 6.45) is 2.18. The number of benzene rings is 1. The zero-order valence-corrected chi connectivity index (χ0v) is 15.7. The van der Waals surface area contributed by atoms with E-state index < -0.39 is 5.60 Å². The first-order valence-corrected chi connectivity index (χ1v) is 8.65. The topological polar surface area (TPSA) is 52.6 Å². The highest BCUT2D eigenvalue weighted by Crippen LogP contribution is 2.20. The Bertz CT molecular complexity index is 538. The van der Waals surface area contributed by atoms with Crippen molar-refractivity contribution in [3.63, 3.8) is 0 Å². The normalized spacial score (nSPS) is 12.8. The van der Waals surface area contributed by atoms with Crippen molar-refractivity contribution in [3.05, 3.63) is 35.4 Å². The van der Waals surface area contributed by atoms with E-state index in [2.05, 4.69) is 6.92 Å². The van der Waals surface area contributed by atoms with E-state index >= 15 is 0 Å². The summed E-state index contributed by atoms with van der Waals surface area (Å²) in [5, 5.41) is 0. The minimum Gasteiger partial charge on any atom is -0.460 e. The van der Waals surface area contributed by atoms with Gasteiger partial charge in [0.25, 0.3) is 0 Å². The molecule has 4 heteroatoms. The van der Waals surface area contributed by atoms with Crippen LogP contribution in [-0.2, 0) is 20.7 Å². The Hall–Kier alpha value is -1.84. The SMILES string of the molecule is CCCC(Cc1ccc(C(=O)OC(C)C)cc1)C(=O)OC(C)(C)C.